The monoisotopic (exact) mass is 413 g/mol. The number of hydrogen-bond acceptors (Lipinski definition) is 7. The highest BCUT2D eigenvalue weighted by molar-refractivity contribution is 5.94. The first-order valence-electron chi connectivity index (χ1n) is 8.82. The Labute approximate surface area is 170 Å². The number of anilines is 1. The number of hydrogen-bond donors (Lipinski definition) is 2. The Balaban J connectivity index is 1.65. The molecule has 0 aliphatic rings. The number of nitrogens with zero attached hydrogens (tertiary/aromatic N) is 1. The standard InChI is InChI=1S/C20H19N3O7/c1-28-12-7-8-16(29-2)15(9-12)21-17(24)11-30-18(25)10-23-20(27)14-6-4-3-5-13(14)19(26)22-23/h3-9H,10-11H2,1-2H3,(H,21,24)(H,22,26). The fourth-order valence-corrected chi connectivity index (χ4v) is 2.78. The Hall–Kier alpha value is -4.08. The lowest BCUT2D eigenvalue weighted by molar-refractivity contribution is -0.148. The van der Waals surface area contributed by atoms with Crippen LogP contribution in [-0.2, 0) is 20.9 Å². The summed E-state index contributed by atoms with van der Waals surface area (Å²) in [6.45, 7) is -1.14. The van der Waals surface area contributed by atoms with Crippen molar-refractivity contribution < 1.29 is 23.8 Å². The Morgan fingerprint density at radius 3 is 2.47 bits per heavy atom. The van der Waals surface area contributed by atoms with E-state index in [-0.39, 0.29) is 10.8 Å². The molecule has 2 N–H and O–H groups in total. The first kappa shape index (κ1) is 20.6. The van der Waals surface area contributed by atoms with E-state index in [0.29, 0.717) is 17.2 Å². The van der Waals surface area contributed by atoms with Crippen LogP contribution in [0.15, 0.2) is 52.1 Å². The lowest BCUT2D eigenvalue weighted by Gasteiger charge is -2.12. The largest absolute Gasteiger partial charge is 0.497 e. The van der Waals surface area contributed by atoms with Gasteiger partial charge in [-0.25, -0.2) is 4.68 Å². The summed E-state index contributed by atoms with van der Waals surface area (Å²) in [5, 5.41) is 5.27. The van der Waals surface area contributed by atoms with Gasteiger partial charge in [0.1, 0.15) is 18.0 Å². The summed E-state index contributed by atoms with van der Waals surface area (Å²) in [4.78, 5) is 48.7. The van der Waals surface area contributed by atoms with Crippen LogP contribution in [0.1, 0.15) is 0 Å². The van der Waals surface area contributed by atoms with Crippen LogP contribution in [0.4, 0.5) is 5.69 Å². The SMILES string of the molecule is COc1ccc(OC)c(NC(=O)COC(=O)Cn2[nH]c(=O)c3ccccc3c2=O)c1. The van der Waals surface area contributed by atoms with Crippen molar-refractivity contribution in [2.75, 3.05) is 26.1 Å². The third kappa shape index (κ3) is 4.49. The van der Waals surface area contributed by atoms with E-state index in [2.05, 4.69) is 10.4 Å². The number of benzene rings is 2. The van der Waals surface area contributed by atoms with Gasteiger partial charge in [0.2, 0.25) is 0 Å². The van der Waals surface area contributed by atoms with Crippen molar-refractivity contribution in [2.45, 2.75) is 6.54 Å². The Morgan fingerprint density at radius 2 is 1.77 bits per heavy atom. The first-order chi connectivity index (χ1) is 14.4. The molecule has 30 heavy (non-hydrogen) atoms. The maximum Gasteiger partial charge on any atom is 0.328 e. The quantitative estimate of drug-likeness (QED) is 0.550. The number of aromatic nitrogens is 2. The first-order valence-corrected chi connectivity index (χ1v) is 8.82. The zero-order chi connectivity index (χ0) is 21.7. The molecule has 1 aromatic heterocycles. The van der Waals surface area contributed by atoms with Gasteiger partial charge in [0.15, 0.2) is 6.61 Å². The summed E-state index contributed by atoms with van der Waals surface area (Å²) in [5.74, 6) is -0.580. The molecule has 10 heteroatoms. The summed E-state index contributed by atoms with van der Waals surface area (Å²) in [6, 6.07) is 11.1. The van der Waals surface area contributed by atoms with Gasteiger partial charge in [0, 0.05) is 6.07 Å². The normalized spacial score (nSPS) is 10.5. The third-order valence-corrected chi connectivity index (χ3v) is 4.22. The molecule has 0 aliphatic heterocycles. The fourth-order valence-electron chi connectivity index (χ4n) is 2.78. The minimum atomic E-state index is -0.865. The van der Waals surface area contributed by atoms with E-state index in [1.807, 2.05) is 0 Å². The Kier molecular flexibility index (Phi) is 6.16. The van der Waals surface area contributed by atoms with Crippen molar-refractivity contribution in [3.63, 3.8) is 0 Å². The number of amides is 1. The van der Waals surface area contributed by atoms with Gasteiger partial charge in [-0.2, -0.15) is 0 Å². The summed E-state index contributed by atoms with van der Waals surface area (Å²) in [7, 11) is 2.92. The number of rotatable bonds is 7. The molecule has 156 valence electrons. The predicted molar refractivity (Wildman–Crippen MR) is 108 cm³/mol. The molecule has 2 aromatic carbocycles. The van der Waals surface area contributed by atoms with Crippen LogP contribution in [-0.4, -0.2) is 42.5 Å². The topological polar surface area (TPSA) is 129 Å². The number of H-pyrrole nitrogens is 1. The van der Waals surface area contributed by atoms with Crippen molar-refractivity contribution in [1.29, 1.82) is 0 Å². The molecule has 0 radical (unpaired) electrons. The van der Waals surface area contributed by atoms with E-state index in [4.69, 9.17) is 14.2 Å². The van der Waals surface area contributed by atoms with Gasteiger partial charge in [0.25, 0.3) is 17.0 Å². The molecule has 0 fully saturated rings. The minimum Gasteiger partial charge on any atom is -0.497 e. The minimum absolute atomic E-state index is 0.178. The molecule has 1 amide bonds. The Bertz CT molecular complexity index is 1210. The van der Waals surface area contributed by atoms with Crippen molar-refractivity contribution in [1.82, 2.24) is 9.78 Å². The van der Waals surface area contributed by atoms with E-state index in [1.54, 1.807) is 30.3 Å². The zero-order valence-corrected chi connectivity index (χ0v) is 16.3. The third-order valence-electron chi connectivity index (χ3n) is 4.22. The van der Waals surface area contributed by atoms with Gasteiger partial charge in [-0.3, -0.25) is 24.3 Å². The summed E-state index contributed by atoms with van der Waals surface area (Å²) in [6.07, 6.45) is 0. The van der Waals surface area contributed by atoms with Crippen molar-refractivity contribution in [3.8, 4) is 11.5 Å². The second kappa shape index (κ2) is 8.95. The van der Waals surface area contributed by atoms with E-state index >= 15 is 0 Å². The van der Waals surface area contributed by atoms with E-state index in [1.165, 1.54) is 26.4 Å². The smallest absolute Gasteiger partial charge is 0.328 e. The molecule has 0 bridgehead atoms. The second-order valence-corrected chi connectivity index (χ2v) is 6.15. The number of methoxy groups -OCH3 is 2. The predicted octanol–water partition coefficient (Wildman–Crippen LogP) is 0.889. The highest BCUT2D eigenvalue weighted by Crippen LogP contribution is 2.28. The molecular weight excluding hydrogens is 394 g/mol. The molecule has 0 atom stereocenters. The van der Waals surface area contributed by atoms with Gasteiger partial charge in [-0.05, 0) is 24.3 Å². The van der Waals surface area contributed by atoms with Crippen LogP contribution < -0.4 is 25.9 Å². The van der Waals surface area contributed by atoms with Crippen molar-refractivity contribution >= 4 is 28.3 Å². The van der Waals surface area contributed by atoms with Crippen LogP contribution in [0.3, 0.4) is 0 Å². The molecule has 3 rings (SSSR count). The van der Waals surface area contributed by atoms with Crippen LogP contribution >= 0.6 is 0 Å². The molecule has 3 aromatic rings. The fraction of sp³-hybridized carbons (Fsp3) is 0.200. The summed E-state index contributed by atoms with van der Waals surface area (Å²) in [5.41, 5.74) is -0.721. The molecule has 0 unspecified atom stereocenters. The molecule has 0 aliphatic carbocycles. The van der Waals surface area contributed by atoms with Gasteiger partial charge in [-0.15, -0.1) is 0 Å². The number of aromatic amines is 1. The maximum absolute atomic E-state index is 12.4. The van der Waals surface area contributed by atoms with Crippen molar-refractivity contribution in [3.05, 3.63) is 63.2 Å². The maximum atomic E-state index is 12.4. The number of esters is 1. The molecule has 0 spiro atoms. The molecular formula is C20H19N3O7. The van der Waals surface area contributed by atoms with Crippen LogP contribution in [0, 0.1) is 0 Å². The Morgan fingerprint density at radius 1 is 1.03 bits per heavy atom. The highest BCUT2D eigenvalue weighted by Gasteiger charge is 2.14. The average Bonchev–Trinajstić information content (AvgIpc) is 2.76. The van der Waals surface area contributed by atoms with E-state index < -0.39 is 36.1 Å². The zero-order valence-electron chi connectivity index (χ0n) is 16.3. The lowest BCUT2D eigenvalue weighted by atomic mass is 10.2. The summed E-state index contributed by atoms with van der Waals surface area (Å²) >= 11 is 0. The van der Waals surface area contributed by atoms with E-state index in [0.717, 1.165) is 4.68 Å². The summed E-state index contributed by atoms with van der Waals surface area (Å²) < 4.78 is 16.0. The van der Waals surface area contributed by atoms with Gasteiger partial charge < -0.3 is 19.5 Å². The highest BCUT2D eigenvalue weighted by atomic mass is 16.5. The van der Waals surface area contributed by atoms with Gasteiger partial charge in [0.05, 0.1) is 30.7 Å². The molecule has 10 nitrogen and oxygen atoms in total. The van der Waals surface area contributed by atoms with Crippen LogP contribution in [0.25, 0.3) is 10.8 Å². The number of carbonyl (C=O) groups is 2. The van der Waals surface area contributed by atoms with Crippen LogP contribution in [0.5, 0.6) is 11.5 Å². The number of fused-ring (bicyclic) bond motifs is 1. The molecule has 1 heterocycles. The van der Waals surface area contributed by atoms with Crippen LogP contribution in [0.2, 0.25) is 0 Å². The second-order valence-electron chi connectivity index (χ2n) is 6.15. The van der Waals surface area contributed by atoms with Gasteiger partial charge in [-0.1, -0.05) is 12.1 Å². The van der Waals surface area contributed by atoms with E-state index in [9.17, 15) is 19.2 Å². The number of carbonyl (C=O) groups excluding carboxylic acids is 2. The van der Waals surface area contributed by atoms with Gasteiger partial charge >= 0.3 is 5.97 Å². The van der Waals surface area contributed by atoms with Crippen molar-refractivity contribution in [2.24, 2.45) is 0 Å². The molecule has 0 saturated carbocycles. The number of nitrogens with one attached hydrogen (secondary N) is 2. The number of ether oxygens (including phenoxy) is 3. The lowest BCUT2D eigenvalue weighted by Crippen LogP contribution is -2.33. The molecule has 0 saturated heterocycles. The average molecular weight is 413 g/mol.